The van der Waals surface area contributed by atoms with Gasteiger partial charge in [0, 0.05) is 6.54 Å². The molecule has 0 spiro atoms. The van der Waals surface area contributed by atoms with E-state index in [9.17, 15) is 5.11 Å². The Bertz CT molecular complexity index is 526. The van der Waals surface area contributed by atoms with Gasteiger partial charge in [0.1, 0.15) is 17.0 Å². The Balaban J connectivity index is 1.96. The van der Waals surface area contributed by atoms with Gasteiger partial charge in [-0.15, -0.1) is 5.10 Å². The van der Waals surface area contributed by atoms with Crippen LogP contribution in [0.5, 0.6) is 5.75 Å². The van der Waals surface area contributed by atoms with E-state index >= 15 is 0 Å². The highest BCUT2D eigenvalue weighted by molar-refractivity contribution is 5.27. The van der Waals surface area contributed by atoms with Crippen molar-refractivity contribution in [2.24, 2.45) is 0 Å². The highest BCUT2D eigenvalue weighted by Gasteiger charge is 2.19. The van der Waals surface area contributed by atoms with Gasteiger partial charge in [0.2, 0.25) is 0 Å². The lowest BCUT2D eigenvalue weighted by atomic mass is 10.1. The molecule has 0 amide bonds. The Labute approximate surface area is 112 Å². The fourth-order valence-electron chi connectivity index (χ4n) is 1.72. The van der Waals surface area contributed by atoms with Gasteiger partial charge in [-0.25, -0.2) is 0 Å². The number of aryl methyl sites for hydroxylation is 2. The SMILES string of the molecule is COc1ccc(CCn2cc(C(C)(C)O)nn2)cc1. The molecule has 2 rings (SSSR count). The molecule has 5 heteroatoms. The smallest absolute Gasteiger partial charge is 0.118 e. The van der Waals surface area contributed by atoms with E-state index in [4.69, 9.17) is 4.74 Å². The molecular formula is C14H19N3O2. The lowest BCUT2D eigenvalue weighted by molar-refractivity contribution is 0.0737. The molecule has 0 atom stereocenters. The van der Waals surface area contributed by atoms with Crippen molar-refractivity contribution >= 4 is 0 Å². The summed E-state index contributed by atoms with van der Waals surface area (Å²) in [7, 11) is 1.66. The van der Waals surface area contributed by atoms with Crippen molar-refractivity contribution in [1.29, 1.82) is 0 Å². The van der Waals surface area contributed by atoms with Crippen LogP contribution in [0.25, 0.3) is 0 Å². The van der Waals surface area contributed by atoms with Gasteiger partial charge in [-0.1, -0.05) is 17.3 Å². The van der Waals surface area contributed by atoms with Crippen LogP contribution in [-0.4, -0.2) is 27.2 Å². The summed E-state index contributed by atoms with van der Waals surface area (Å²) < 4.78 is 6.86. The highest BCUT2D eigenvalue weighted by Crippen LogP contribution is 2.16. The van der Waals surface area contributed by atoms with Crippen LogP contribution >= 0.6 is 0 Å². The fourth-order valence-corrected chi connectivity index (χ4v) is 1.72. The number of rotatable bonds is 5. The zero-order valence-corrected chi connectivity index (χ0v) is 11.5. The first-order chi connectivity index (χ1) is 8.99. The van der Waals surface area contributed by atoms with Gasteiger partial charge in [0.05, 0.1) is 13.3 Å². The molecule has 0 aliphatic heterocycles. The molecular weight excluding hydrogens is 242 g/mol. The zero-order valence-electron chi connectivity index (χ0n) is 11.5. The summed E-state index contributed by atoms with van der Waals surface area (Å²) >= 11 is 0. The number of hydrogen-bond donors (Lipinski definition) is 1. The van der Waals surface area contributed by atoms with Crippen molar-refractivity contribution in [1.82, 2.24) is 15.0 Å². The van der Waals surface area contributed by atoms with Gasteiger partial charge in [0.25, 0.3) is 0 Å². The van der Waals surface area contributed by atoms with Crippen molar-refractivity contribution in [2.75, 3.05) is 7.11 Å². The predicted molar refractivity (Wildman–Crippen MR) is 72.0 cm³/mol. The Morgan fingerprint density at radius 1 is 1.26 bits per heavy atom. The van der Waals surface area contributed by atoms with Gasteiger partial charge >= 0.3 is 0 Å². The van der Waals surface area contributed by atoms with Gasteiger partial charge in [0.15, 0.2) is 0 Å². The lowest BCUT2D eigenvalue weighted by Crippen LogP contribution is -2.15. The number of benzene rings is 1. The van der Waals surface area contributed by atoms with E-state index in [0.717, 1.165) is 18.7 Å². The molecule has 2 aromatic rings. The average molecular weight is 261 g/mol. The Kier molecular flexibility index (Phi) is 3.85. The van der Waals surface area contributed by atoms with Crippen LogP contribution in [0.1, 0.15) is 25.1 Å². The lowest BCUT2D eigenvalue weighted by Gasteiger charge is -2.11. The van der Waals surface area contributed by atoms with E-state index in [0.29, 0.717) is 5.69 Å². The van der Waals surface area contributed by atoms with Gasteiger partial charge < -0.3 is 9.84 Å². The topological polar surface area (TPSA) is 60.2 Å². The van der Waals surface area contributed by atoms with Crippen molar-refractivity contribution in [2.45, 2.75) is 32.4 Å². The summed E-state index contributed by atoms with van der Waals surface area (Å²) in [6.07, 6.45) is 2.64. The molecule has 19 heavy (non-hydrogen) atoms. The Morgan fingerprint density at radius 3 is 2.47 bits per heavy atom. The molecule has 0 aliphatic rings. The predicted octanol–water partition coefficient (Wildman–Crippen LogP) is 1.76. The Hall–Kier alpha value is -1.88. The van der Waals surface area contributed by atoms with Crippen LogP contribution in [-0.2, 0) is 18.6 Å². The van der Waals surface area contributed by atoms with Crippen LogP contribution < -0.4 is 4.74 Å². The molecule has 0 fully saturated rings. The first-order valence-electron chi connectivity index (χ1n) is 6.25. The van der Waals surface area contributed by atoms with E-state index in [-0.39, 0.29) is 0 Å². The number of aromatic nitrogens is 3. The maximum Gasteiger partial charge on any atom is 0.118 e. The maximum atomic E-state index is 9.82. The van der Waals surface area contributed by atoms with Gasteiger partial charge in [-0.05, 0) is 38.0 Å². The van der Waals surface area contributed by atoms with Crippen molar-refractivity contribution in [3.8, 4) is 5.75 Å². The molecule has 1 N–H and O–H groups in total. The van der Waals surface area contributed by atoms with E-state index < -0.39 is 5.60 Å². The van der Waals surface area contributed by atoms with Crippen LogP contribution in [0.3, 0.4) is 0 Å². The third-order valence-electron chi connectivity index (χ3n) is 2.95. The molecule has 0 saturated heterocycles. The first-order valence-corrected chi connectivity index (χ1v) is 6.25. The van der Waals surface area contributed by atoms with Crippen molar-refractivity contribution in [3.63, 3.8) is 0 Å². The zero-order chi connectivity index (χ0) is 13.9. The fraction of sp³-hybridized carbons (Fsp3) is 0.429. The number of nitrogens with zero attached hydrogens (tertiary/aromatic N) is 3. The second-order valence-electron chi connectivity index (χ2n) is 5.02. The number of hydrogen-bond acceptors (Lipinski definition) is 4. The van der Waals surface area contributed by atoms with Crippen LogP contribution in [0.4, 0.5) is 0 Å². The second kappa shape index (κ2) is 5.40. The minimum Gasteiger partial charge on any atom is -0.497 e. The summed E-state index contributed by atoms with van der Waals surface area (Å²) in [5, 5.41) is 17.8. The molecule has 0 radical (unpaired) electrons. The monoisotopic (exact) mass is 261 g/mol. The largest absolute Gasteiger partial charge is 0.497 e. The minimum absolute atomic E-state index is 0.585. The van der Waals surface area contributed by atoms with E-state index in [2.05, 4.69) is 10.3 Å². The molecule has 0 saturated carbocycles. The third kappa shape index (κ3) is 3.54. The highest BCUT2D eigenvalue weighted by atomic mass is 16.5. The molecule has 0 aliphatic carbocycles. The first kappa shape index (κ1) is 13.5. The van der Waals surface area contributed by atoms with Crippen LogP contribution in [0, 0.1) is 0 Å². The summed E-state index contributed by atoms with van der Waals surface area (Å²) in [6, 6.07) is 7.96. The van der Waals surface area contributed by atoms with Crippen LogP contribution in [0.15, 0.2) is 30.5 Å². The van der Waals surface area contributed by atoms with Gasteiger partial charge in [-0.2, -0.15) is 0 Å². The van der Waals surface area contributed by atoms with E-state index in [1.807, 2.05) is 24.3 Å². The molecule has 5 nitrogen and oxygen atoms in total. The van der Waals surface area contributed by atoms with E-state index in [1.54, 1.807) is 31.8 Å². The molecule has 102 valence electrons. The molecule has 1 aromatic carbocycles. The Morgan fingerprint density at radius 2 is 1.95 bits per heavy atom. The summed E-state index contributed by atoms with van der Waals surface area (Å²) in [5.74, 6) is 0.855. The number of aliphatic hydroxyl groups is 1. The normalized spacial score (nSPS) is 11.6. The molecule has 0 bridgehead atoms. The second-order valence-corrected chi connectivity index (χ2v) is 5.02. The average Bonchev–Trinajstić information content (AvgIpc) is 2.86. The van der Waals surface area contributed by atoms with Gasteiger partial charge in [-0.3, -0.25) is 4.68 Å². The summed E-state index contributed by atoms with van der Waals surface area (Å²) in [4.78, 5) is 0. The molecule has 1 aromatic heterocycles. The maximum absolute atomic E-state index is 9.82. The molecule has 1 heterocycles. The third-order valence-corrected chi connectivity index (χ3v) is 2.95. The number of methoxy groups -OCH3 is 1. The quantitative estimate of drug-likeness (QED) is 0.891. The standard InChI is InChI=1S/C14H19N3O2/c1-14(2,18)13-10-17(16-15-13)9-8-11-4-6-12(19-3)7-5-11/h4-7,10,18H,8-9H2,1-3H3. The minimum atomic E-state index is -0.946. The molecule has 0 unspecified atom stereocenters. The van der Waals surface area contributed by atoms with Crippen molar-refractivity contribution in [3.05, 3.63) is 41.7 Å². The summed E-state index contributed by atoms with van der Waals surface area (Å²) in [5.41, 5.74) is 0.849. The summed E-state index contributed by atoms with van der Waals surface area (Å²) in [6.45, 7) is 4.13. The van der Waals surface area contributed by atoms with Crippen LogP contribution in [0.2, 0.25) is 0 Å². The van der Waals surface area contributed by atoms with Crippen molar-refractivity contribution < 1.29 is 9.84 Å². The van der Waals surface area contributed by atoms with E-state index in [1.165, 1.54) is 5.56 Å². The number of ether oxygens (including phenoxy) is 1.